The predicted octanol–water partition coefficient (Wildman–Crippen LogP) is 3.68. The molecular weight excluding hydrogens is 513 g/mol. The number of carbonyl (C=O) groups excluding carboxylic acids is 2. The molecule has 0 spiro atoms. The van der Waals surface area contributed by atoms with Crippen LogP contribution in [0.25, 0.3) is 17.2 Å². The van der Waals surface area contributed by atoms with Crippen molar-refractivity contribution < 1.29 is 22.8 Å². The molecule has 2 aliphatic rings. The van der Waals surface area contributed by atoms with E-state index < -0.39 is 11.7 Å². The Morgan fingerprint density at radius 2 is 1.97 bits per heavy atom. The first-order valence-corrected chi connectivity index (χ1v) is 12.7. The number of imidazole rings is 1. The molecule has 1 saturated heterocycles. The Balaban J connectivity index is 1.28. The molecule has 1 amide bonds. The van der Waals surface area contributed by atoms with Gasteiger partial charge in [0.05, 0.1) is 24.0 Å². The molecule has 0 bridgehead atoms. The number of aromatic amines is 1. The van der Waals surface area contributed by atoms with E-state index in [0.29, 0.717) is 49.6 Å². The molecule has 6 rings (SSSR count). The van der Waals surface area contributed by atoms with Gasteiger partial charge in [0.2, 0.25) is 5.91 Å². The third-order valence-corrected chi connectivity index (χ3v) is 7.43. The van der Waals surface area contributed by atoms with Gasteiger partial charge in [0.15, 0.2) is 5.82 Å². The molecule has 13 heteroatoms. The van der Waals surface area contributed by atoms with Gasteiger partial charge in [0.1, 0.15) is 22.9 Å². The maximum atomic E-state index is 13.5. The Bertz CT molecular complexity index is 1520. The second-order valence-corrected chi connectivity index (χ2v) is 9.88. The first-order valence-electron chi connectivity index (χ1n) is 12.7. The number of H-pyrrole nitrogens is 1. The summed E-state index contributed by atoms with van der Waals surface area (Å²) >= 11 is 0. The van der Waals surface area contributed by atoms with Crippen LogP contribution in [-0.2, 0) is 15.8 Å². The summed E-state index contributed by atoms with van der Waals surface area (Å²) in [4.78, 5) is 42.5. The van der Waals surface area contributed by atoms with Gasteiger partial charge in [0, 0.05) is 62.5 Å². The highest BCUT2D eigenvalue weighted by Crippen LogP contribution is 2.33. The van der Waals surface area contributed by atoms with E-state index in [1.54, 1.807) is 24.7 Å². The third-order valence-electron chi connectivity index (χ3n) is 7.43. The lowest BCUT2D eigenvalue weighted by atomic mass is 9.86. The Morgan fingerprint density at radius 1 is 1.10 bits per heavy atom. The van der Waals surface area contributed by atoms with E-state index in [-0.39, 0.29) is 35.9 Å². The number of carbonyl (C=O) groups is 2. The Kier molecular flexibility index (Phi) is 6.28. The summed E-state index contributed by atoms with van der Waals surface area (Å²) < 4.78 is 41.3. The average Bonchev–Trinajstić information content (AvgIpc) is 3.62. The van der Waals surface area contributed by atoms with Crippen molar-refractivity contribution in [2.45, 2.75) is 37.9 Å². The summed E-state index contributed by atoms with van der Waals surface area (Å²) in [6, 6.07) is 3.72. The Morgan fingerprint density at radius 3 is 2.74 bits per heavy atom. The van der Waals surface area contributed by atoms with E-state index in [2.05, 4.69) is 25.1 Å². The maximum Gasteiger partial charge on any atom is 0.417 e. The lowest BCUT2D eigenvalue weighted by Crippen LogP contribution is -2.52. The van der Waals surface area contributed by atoms with Crippen molar-refractivity contribution in [3.05, 3.63) is 60.3 Å². The molecule has 1 saturated carbocycles. The minimum Gasteiger partial charge on any atom is -0.352 e. The van der Waals surface area contributed by atoms with Gasteiger partial charge in [-0.3, -0.25) is 19.1 Å². The molecule has 0 aromatic carbocycles. The third kappa shape index (κ3) is 4.84. The van der Waals surface area contributed by atoms with Crippen molar-refractivity contribution >= 4 is 23.2 Å². The van der Waals surface area contributed by atoms with E-state index in [9.17, 15) is 22.8 Å². The number of alkyl halides is 3. The zero-order valence-corrected chi connectivity index (χ0v) is 20.8. The number of halogens is 3. The fraction of sp³-hybridized carbons (Fsp3) is 0.385. The SMILES string of the molecule is O=C1CCC[C@@H](C(=O)N2CCN(c3ccnc(-c4cnc5ccc(C(F)(F)F)cn45)n3)C[C@@H]2c2cn[nH]c2)C1. The quantitative estimate of drug-likeness (QED) is 0.422. The molecule has 5 heterocycles. The minimum atomic E-state index is -4.50. The van der Waals surface area contributed by atoms with Crippen LogP contribution in [0.15, 0.2) is 49.2 Å². The summed E-state index contributed by atoms with van der Waals surface area (Å²) in [5.74, 6) is 0.605. The largest absolute Gasteiger partial charge is 0.417 e. The number of hydrogen-bond acceptors (Lipinski definition) is 7. The molecule has 2 fully saturated rings. The number of anilines is 1. The van der Waals surface area contributed by atoms with Gasteiger partial charge in [-0.15, -0.1) is 0 Å². The van der Waals surface area contributed by atoms with Gasteiger partial charge < -0.3 is 9.80 Å². The van der Waals surface area contributed by atoms with Crippen LogP contribution in [0.3, 0.4) is 0 Å². The average molecular weight is 539 g/mol. The minimum absolute atomic E-state index is 0.0246. The van der Waals surface area contributed by atoms with Crippen molar-refractivity contribution in [1.82, 2.24) is 34.4 Å². The predicted molar refractivity (Wildman–Crippen MR) is 133 cm³/mol. The van der Waals surface area contributed by atoms with Crippen molar-refractivity contribution in [3.63, 3.8) is 0 Å². The first kappa shape index (κ1) is 25.0. The summed E-state index contributed by atoms with van der Waals surface area (Å²) in [6.45, 7) is 1.33. The number of Topliss-reactive ketones (excluding diaryl/α,β-unsaturated/α-hetero) is 1. The molecule has 4 aromatic heterocycles. The van der Waals surface area contributed by atoms with Gasteiger partial charge in [-0.05, 0) is 31.0 Å². The van der Waals surface area contributed by atoms with Crippen LogP contribution in [0.5, 0.6) is 0 Å². The van der Waals surface area contributed by atoms with Crippen molar-refractivity contribution in [2.24, 2.45) is 5.92 Å². The van der Waals surface area contributed by atoms with Crippen LogP contribution in [0.1, 0.15) is 42.9 Å². The van der Waals surface area contributed by atoms with Crippen molar-refractivity contribution in [2.75, 3.05) is 24.5 Å². The van der Waals surface area contributed by atoms with Crippen LogP contribution in [0.4, 0.5) is 19.0 Å². The molecule has 4 aromatic rings. The van der Waals surface area contributed by atoms with E-state index >= 15 is 0 Å². The van der Waals surface area contributed by atoms with E-state index in [4.69, 9.17) is 0 Å². The normalized spacial score (nSPS) is 20.5. The molecule has 0 unspecified atom stereocenters. The Hall–Kier alpha value is -4.29. The van der Waals surface area contributed by atoms with Gasteiger partial charge in [-0.2, -0.15) is 18.3 Å². The van der Waals surface area contributed by atoms with Crippen molar-refractivity contribution in [3.8, 4) is 11.5 Å². The number of nitrogens with one attached hydrogen (secondary N) is 1. The fourth-order valence-electron chi connectivity index (χ4n) is 5.42. The molecule has 1 aliphatic carbocycles. The fourth-order valence-corrected chi connectivity index (χ4v) is 5.42. The zero-order chi connectivity index (χ0) is 27.1. The van der Waals surface area contributed by atoms with Crippen LogP contribution in [0, 0.1) is 5.92 Å². The monoisotopic (exact) mass is 538 g/mol. The van der Waals surface area contributed by atoms with Crippen LogP contribution >= 0.6 is 0 Å². The molecule has 2 atom stereocenters. The highest BCUT2D eigenvalue weighted by molar-refractivity contribution is 5.88. The number of fused-ring (bicyclic) bond motifs is 1. The topological polar surface area (TPSA) is 112 Å². The molecular formula is C26H25F3N8O2. The summed E-state index contributed by atoms with van der Waals surface area (Å²) in [5.41, 5.74) is 0.722. The van der Waals surface area contributed by atoms with Crippen LogP contribution in [-0.4, -0.2) is 65.8 Å². The second kappa shape index (κ2) is 9.79. The van der Waals surface area contributed by atoms with Gasteiger partial charge in [-0.25, -0.2) is 15.0 Å². The summed E-state index contributed by atoms with van der Waals surface area (Å²) in [7, 11) is 0. The molecule has 1 N–H and O–H groups in total. The van der Waals surface area contributed by atoms with Gasteiger partial charge in [0.25, 0.3) is 0 Å². The van der Waals surface area contributed by atoms with E-state index in [1.165, 1.54) is 16.7 Å². The molecule has 10 nitrogen and oxygen atoms in total. The molecule has 39 heavy (non-hydrogen) atoms. The van der Waals surface area contributed by atoms with Gasteiger partial charge >= 0.3 is 6.18 Å². The Labute approximate surface area is 220 Å². The van der Waals surface area contributed by atoms with E-state index in [0.717, 1.165) is 24.2 Å². The molecule has 202 valence electrons. The van der Waals surface area contributed by atoms with Crippen LogP contribution in [0.2, 0.25) is 0 Å². The maximum absolute atomic E-state index is 13.5. The van der Waals surface area contributed by atoms with Crippen molar-refractivity contribution in [1.29, 1.82) is 0 Å². The molecule has 1 aliphatic heterocycles. The number of pyridine rings is 1. The summed E-state index contributed by atoms with van der Waals surface area (Å²) in [5, 5.41) is 6.88. The molecule has 0 radical (unpaired) electrons. The number of hydrogen-bond donors (Lipinski definition) is 1. The van der Waals surface area contributed by atoms with Crippen LogP contribution < -0.4 is 4.90 Å². The standard InChI is InChI=1S/C26H25F3N8O2/c27-26(28,29)18-4-5-22-31-13-20(37(22)14-18)24-30-7-6-23(34-24)35-8-9-36(21(15-35)17-11-32-33-12-17)25(39)16-2-1-3-19(38)10-16/h4-7,11-14,16,21H,1-3,8-10,15H2,(H,32,33)/t16-,21-/m1/s1. The number of rotatable bonds is 4. The smallest absolute Gasteiger partial charge is 0.352 e. The zero-order valence-electron chi connectivity index (χ0n) is 20.8. The van der Waals surface area contributed by atoms with Gasteiger partial charge in [-0.1, -0.05) is 0 Å². The lowest BCUT2D eigenvalue weighted by Gasteiger charge is -2.43. The number of aromatic nitrogens is 6. The first-order chi connectivity index (χ1) is 18.8. The number of ketones is 1. The number of piperazine rings is 1. The highest BCUT2D eigenvalue weighted by atomic mass is 19.4. The number of amides is 1. The number of nitrogens with zero attached hydrogens (tertiary/aromatic N) is 7. The van der Waals surface area contributed by atoms with E-state index in [1.807, 2.05) is 9.80 Å². The second-order valence-electron chi connectivity index (χ2n) is 9.88. The highest BCUT2D eigenvalue weighted by Gasteiger charge is 2.37. The summed E-state index contributed by atoms with van der Waals surface area (Å²) in [6.07, 6.45) is 5.17. The lowest BCUT2D eigenvalue weighted by molar-refractivity contribution is -0.142.